The number of benzene rings is 1. The van der Waals surface area contributed by atoms with Crippen LogP contribution in [0.25, 0.3) is 0 Å². The fraction of sp³-hybridized carbons (Fsp3) is 0.308. The van der Waals surface area contributed by atoms with E-state index in [1.807, 2.05) is 0 Å². The second-order valence-electron chi connectivity index (χ2n) is 4.88. The summed E-state index contributed by atoms with van der Waals surface area (Å²) >= 11 is 7.11. The molecule has 2 unspecified atom stereocenters. The Labute approximate surface area is 136 Å². The molecule has 0 aliphatic carbocycles. The number of hydrogen-bond donors (Lipinski definition) is 1. The largest absolute Gasteiger partial charge is 0.509 e. The first-order valence-corrected chi connectivity index (χ1v) is 9.00. The number of carbonyl (C=O) groups excluding carboxylic acids is 1. The SMILES string of the molecule is COC(=O)C1=C(O)C2Sc3cc(Cl)ccc3C2S(=O)(=O)N1C. The zero-order valence-electron chi connectivity index (χ0n) is 11.6. The fourth-order valence-corrected chi connectivity index (χ4v) is 6.57. The molecule has 6 nitrogen and oxygen atoms in total. The van der Waals surface area contributed by atoms with Gasteiger partial charge in [0.1, 0.15) is 11.0 Å². The van der Waals surface area contributed by atoms with Crippen LogP contribution < -0.4 is 0 Å². The van der Waals surface area contributed by atoms with Gasteiger partial charge in [0.15, 0.2) is 5.70 Å². The van der Waals surface area contributed by atoms with Gasteiger partial charge in [-0.15, -0.1) is 11.8 Å². The third kappa shape index (κ3) is 2.01. The number of likely N-dealkylation sites (N-methyl/N-ethyl adjacent to an activating group) is 1. The smallest absolute Gasteiger partial charge is 0.358 e. The van der Waals surface area contributed by atoms with E-state index in [2.05, 4.69) is 4.74 Å². The predicted molar refractivity (Wildman–Crippen MR) is 82.2 cm³/mol. The van der Waals surface area contributed by atoms with Crippen molar-refractivity contribution < 1.29 is 23.1 Å². The lowest BCUT2D eigenvalue weighted by atomic mass is 10.1. The molecule has 0 bridgehead atoms. The van der Waals surface area contributed by atoms with E-state index in [0.29, 0.717) is 15.5 Å². The van der Waals surface area contributed by atoms with Gasteiger partial charge in [0.25, 0.3) is 0 Å². The highest BCUT2D eigenvalue weighted by molar-refractivity contribution is 8.02. The van der Waals surface area contributed by atoms with Crippen LogP contribution in [0, 0.1) is 0 Å². The Balaban J connectivity index is 2.22. The van der Waals surface area contributed by atoms with Crippen molar-refractivity contribution in [2.45, 2.75) is 15.4 Å². The van der Waals surface area contributed by atoms with Crippen LogP contribution in [0.1, 0.15) is 10.8 Å². The lowest BCUT2D eigenvalue weighted by Gasteiger charge is -2.33. The molecule has 118 valence electrons. The molecule has 0 radical (unpaired) electrons. The van der Waals surface area contributed by atoms with Gasteiger partial charge in [-0.25, -0.2) is 13.2 Å². The number of halogens is 1. The summed E-state index contributed by atoms with van der Waals surface area (Å²) in [6, 6.07) is 4.90. The van der Waals surface area contributed by atoms with Crippen molar-refractivity contribution in [2.24, 2.45) is 0 Å². The molecule has 2 heterocycles. The first kappa shape index (κ1) is 15.5. The Kier molecular flexibility index (Phi) is 3.58. The van der Waals surface area contributed by atoms with Crippen molar-refractivity contribution in [3.8, 4) is 0 Å². The van der Waals surface area contributed by atoms with Crippen LogP contribution >= 0.6 is 23.4 Å². The summed E-state index contributed by atoms with van der Waals surface area (Å²) in [6.45, 7) is 0. The predicted octanol–water partition coefficient (Wildman–Crippen LogP) is 2.07. The first-order chi connectivity index (χ1) is 10.3. The summed E-state index contributed by atoms with van der Waals surface area (Å²) in [5.74, 6) is -1.19. The number of rotatable bonds is 1. The molecule has 3 rings (SSSR count). The minimum Gasteiger partial charge on any atom is -0.509 e. The van der Waals surface area contributed by atoms with Crippen LogP contribution in [-0.2, 0) is 19.6 Å². The summed E-state index contributed by atoms with van der Waals surface area (Å²) in [6.07, 6.45) is 0. The molecule has 2 atom stereocenters. The molecular weight excluding hydrogens is 350 g/mol. The second kappa shape index (κ2) is 5.07. The maximum atomic E-state index is 12.7. The highest BCUT2D eigenvalue weighted by Gasteiger charge is 2.53. The van der Waals surface area contributed by atoms with Gasteiger partial charge in [0.05, 0.1) is 12.4 Å². The molecule has 0 fully saturated rings. The van der Waals surface area contributed by atoms with Crippen molar-refractivity contribution in [3.63, 3.8) is 0 Å². The van der Waals surface area contributed by atoms with Gasteiger partial charge in [-0.05, 0) is 17.7 Å². The molecule has 9 heteroatoms. The highest BCUT2D eigenvalue weighted by Crippen LogP contribution is 2.54. The normalized spacial score (nSPS) is 25.7. The molecule has 1 aromatic rings. The number of aliphatic hydroxyl groups is 1. The molecule has 0 amide bonds. The van der Waals surface area contributed by atoms with Gasteiger partial charge in [0, 0.05) is 17.0 Å². The number of hydrogen-bond acceptors (Lipinski definition) is 6. The lowest BCUT2D eigenvalue weighted by Crippen LogP contribution is -2.43. The monoisotopic (exact) mass is 361 g/mol. The van der Waals surface area contributed by atoms with E-state index in [-0.39, 0.29) is 11.5 Å². The Morgan fingerprint density at radius 2 is 2.14 bits per heavy atom. The summed E-state index contributed by atoms with van der Waals surface area (Å²) < 4.78 is 30.9. The van der Waals surface area contributed by atoms with E-state index in [1.54, 1.807) is 18.2 Å². The molecule has 2 aliphatic rings. The third-order valence-electron chi connectivity index (χ3n) is 3.72. The minimum atomic E-state index is -3.85. The van der Waals surface area contributed by atoms with Crippen LogP contribution in [0.2, 0.25) is 5.02 Å². The standard InChI is InChI=1S/C13H12ClNO5S2/c1-15-9(13(17)20-2)10(16)11-12(22(15,18)19)7-4-3-6(14)5-8(7)21-11/h3-5,11-12,16H,1-2H3. The number of esters is 1. The number of nitrogens with zero attached hydrogens (tertiary/aromatic N) is 1. The number of carbonyl (C=O) groups is 1. The number of methoxy groups -OCH3 is 1. The van der Waals surface area contributed by atoms with Gasteiger partial charge in [-0.3, -0.25) is 4.31 Å². The zero-order chi connectivity index (χ0) is 16.2. The van der Waals surface area contributed by atoms with Crippen LogP contribution in [0.3, 0.4) is 0 Å². The quantitative estimate of drug-likeness (QED) is 0.771. The van der Waals surface area contributed by atoms with Gasteiger partial charge in [0.2, 0.25) is 10.0 Å². The molecule has 0 spiro atoms. The Morgan fingerprint density at radius 1 is 1.45 bits per heavy atom. The van der Waals surface area contributed by atoms with Crippen molar-refractivity contribution in [2.75, 3.05) is 14.2 Å². The average Bonchev–Trinajstić information content (AvgIpc) is 2.85. The molecular formula is C13H12ClNO5S2. The van der Waals surface area contributed by atoms with E-state index in [9.17, 15) is 18.3 Å². The maximum Gasteiger partial charge on any atom is 0.358 e. The molecule has 0 saturated carbocycles. The topological polar surface area (TPSA) is 83.9 Å². The van der Waals surface area contributed by atoms with Crippen LogP contribution in [0.4, 0.5) is 0 Å². The Hall–Kier alpha value is -1.38. The molecule has 1 aromatic carbocycles. The summed E-state index contributed by atoms with van der Waals surface area (Å²) in [5.41, 5.74) is 0.219. The number of ether oxygens (including phenoxy) is 1. The number of fused-ring (bicyclic) bond motifs is 3. The summed E-state index contributed by atoms with van der Waals surface area (Å²) in [7, 11) is -1.49. The summed E-state index contributed by atoms with van der Waals surface area (Å²) in [4.78, 5) is 12.5. The molecule has 0 aromatic heterocycles. The first-order valence-electron chi connectivity index (χ1n) is 6.24. The fourth-order valence-electron chi connectivity index (χ4n) is 2.65. The zero-order valence-corrected chi connectivity index (χ0v) is 14.0. The van der Waals surface area contributed by atoms with Gasteiger partial charge in [-0.2, -0.15) is 0 Å². The van der Waals surface area contributed by atoms with E-state index in [0.717, 1.165) is 11.4 Å². The van der Waals surface area contributed by atoms with Crippen molar-refractivity contribution in [1.29, 1.82) is 0 Å². The second-order valence-corrected chi connectivity index (χ2v) is 8.58. The van der Waals surface area contributed by atoms with Crippen LogP contribution in [-0.4, -0.2) is 43.2 Å². The molecule has 22 heavy (non-hydrogen) atoms. The Bertz CT molecular complexity index is 805. The molecule has 2 aliphatic heterocycles. The number of thioether (sulfide) groups is 1. The Morgan fingerprint density at radius 3 is 2.77 bits per heavy atom. The molecule has 1 N–H and O–H groups in total. The number of aliphatic hydroxyl groups excluding tert-OH is 1. The van der Waals surface area contributed by atoms with E-state index < -0.39 is 26.5 Å². The van der Waals surface area contributed by atoms with Crippen LogP contribution in [0.15, 0.2) is 34.6 Å². The number of sulfonamides is 1. The lowest BCUT2D eigenvalue weighted by molar-refractivity contribution is -0.137. The van der Waals surface area contributed by atoms with Crippen molar-refractivity contribution in [1.82, 2.24) is 4.31 Å². The van der Waals surface area contributed by atoms with Gasteiger partial charge >= 0.3 is 5.97 Å². The van der Waals surface area contributed by atoms with Gasteiger partial charge in [-0.1, -0.05) is 17.7 Å². The summed E-state index contributed by atoms with van der Waals surface area (Å²) in [5, 5.41) is 9.14. The van der Waals surface area contributed by atoms with E-state index in [1.165, 1.54) is 18.8 Å². The van der Waals surface area contributed by atoms with Crippen molar-refractivity contribution >= 4 is 39.4 Å². The van der Waals surface area contributed by atoms with E-state index in [4.69, 9.17) is 11.6 Å². The highest BCUT2D eigenvalue weighted by atomic mass is 35.5. The third-order valence-corrected chi connectivity index (χ3v) is 7.60. The minimum absolute atomic E-state index is 0.300. The van der Waals surface area contributed by atoms with E-state index >= 15 is 0 Å². The van der Waals surface area contributed by atoms with Gasteiger partial charge < -0.3 is 9.84 Å². The maximum absolute atomic E-state index is 12.7. The van der Waals surface area contributed by atoms with Crippen molar-refractivity contribution in [3.05, 3.63) is 40.2 Å². The molecule has 0 saturated heterocycles. The average molecular weight is 362 g/mol. The van der Waals surface area contributed by atoms with Crippen LogP contribution in [0.5, 0.6) is 0 Å².